The van der Waals surface area contributed by atoms with Crippen LogP contribution in [0.5, 0.6) is 0 Å². The molecule has 2 unspecified atom stereocenters. The molecule has 2 heterocycles. The second-order valence-electron chi connectivity index (χ2n) is 14.7. The fourth-order valence-electron chi connectivity index (χ4n) is 6.09. The molecule has 2 atom stereocenters. The van der Waals surface area contributed by atoms with E-state index in [1.165, 1.54) is 11.4 Å². The topological polar surface area (TPSA) is 31.2 Å². The molecule has 0 saturated carbocycles. The summed E-state index contributed by atoms with van der Waals surface area (Å²) in [6.07, 6.45) is 9.59. The first-order valence-electron chi connectivity index (χ1n) is 12.5. The van der Waals surface area contributed by atoms with Crippen LogP contribution in [0.4, 0.5) is 0 Å². The summed E-state index contributed by atoms with van der Waals surface area (Å²) in [7, 11) is 9.16. The molecule has 0 N–H and O–H groups in total. The molecule has 4 nitrogen and oxygen atoms in total. The van der Waals surface area contributed by atoms with Crippen molar-refractivity contribution in [3.8, 4) is 0 Å². The van der Waals surface area contributed by atoms with Gasteiger partial charge in [0.2, 0.25) is 0 Å². The molecule has 0 aliphatic carbocycles. The van der Waals surface area contributed by atoms with Crippen molar-refractivity contribution in [3.63, 3.8) is 0 Å². The summed E-state index contributed by atoms with van der Waals surface area (Å²) < 4.78 is 4.46. The van der Waals surface area contributed by atoms with Crippen molar-refractivity contribution in [2.75, 3.05) is 28.2 Å². The van der Waals surface area contributed by atoms with Crippen molar-refractivity contribution < 1.29 is 17.1 Å². The van der Waals surface area contributed by atoms with Gasteiger partial charge in [-0.3, -0.25) is 0 Å². The minimum absolute atomic E-state index is 0.00362. The van der Waals surface area contributed by atoms with Crippen LogP contribution >= 0.6 is 0 Å². The van der Waals surface area contributed by atoms with Gasteiger partial charge in [-0.15, -0.1) is 0 Å². The van der Waals surface area contributed by atoms with E-state index in [1.807, 2.05) is 0 Å². The minimum atomic E-state index is -3.55. The quantitative estimate of drug-likeness (QED) is 0.409. The van der Waals surface area contributed by atoms with E-state index in [0.717, 1.165) is 0 Å². The standard InChI is InChI=1S/2C12H20N.2C2H6N.Ti/c2*1-11(2,3)9-7-8-10(13-9)12(4,5)6;2*1-3-2;/h2*7-8H,1-6H3;2*1-2H3;/q;;2*-1;+2. The van der Waals surface area contributed by atoms with Gasteiger partial charge >= 0.3 is 210 Å². The van der Waals surface area contributed by atoms with Crippen LogP contribution in [0.15, 0.2) is 34.3 Å². The van der Waals surface area contributed by atoms with E-state index in [0.29, 0.717) is 0 Å². The Morgan fingerprint density at radius 2 is 0.848 bits per heavy atom. The van der Waals surface area contributed by atoms with Crippen LogP contribution in [0.3, 0.4) is 0 Å². The summed E-state index contributed by atoms with van der Waals surface area (Å²) in [4.78, 5) is 11.5. The molecule has 2 aliphatic rings. The molecular formula is C28H52N4Ti. The van der Waals surface area contributed by atoms with Crippen molar-refractivity contribution in [3.05, 3.63) is 24.3 Å². The first-order chi connectivity index (χ1) is 14.5. The number of hydrogen-bond donors (Lipinski definition) is 0. The third kappa shape index (κ3) is 4.11. The van der Waals surface area contributed by atoms with E-state index in [1.54, 1.807) is 0 Å². The van der Waals surface area contributed by atoms with Gasteiger partial charge in [0.05, 0.1) is 0 Å². The van der Waals surface area contributed by atoms with Crippen molar-refractivity contribution in [1.29, 1.82) is 0 Å². The molecule has 2 rings (SSSR count). The second kappa shape index (κ2) is 8.25. The zero-order chi connectivity index (χ0) is 26.1. The maximum absolute atomic E-state index is 5.77. The Labute approximate surface area is 209 Å². The number of allylic oxidation sites excluding steroid dienone is 2. The van der Waals surface area contributed by atoms with Crippen LogP contribution in [0, 0.1) is 21.7 Å². The summed E-state index contributed by atoms with van der Waals surface area (Å²) in [6.45, 7) is 27.9. The Hall–Kier alpha value is -0.546. The first kappa shape index (κ1) is 28.7. The van der Waals surface area contributed by atoms with Gasteiger partial charge in [-0.1, -0.05) is 0 Å². The average Bonchev–Trinajstić information content (AvgIpc) is 3.19. The SMILES string of the molecule is C[N](C)[Ti]([N](C)C)([C]1(C(C)(C)C)C=CC(C(C)(C)C)=N1)[C]1(C(C)(C)C)C=CC(C(C)(C)C)=N1. The van der Waals surface area contributed by atoms with Gasteiger partial charge in [-0.25, -0.2) is 0 Å². The van der Waals surface area contributed by atoms with E-state index in [-0.39, 0.29) is 29.3 Å². The van der Waals surface area contributed by atoms with Crippen molar-refractivity contribution >= 4 is 11.4 Å². The molecule has 0 bridgehead atoms. The molecule has 0 aromatic heterocycles. The fraction of sp³-hybridized carbons (Fsp3) is 0.786. The van der Waals surface area contributed by atoms with Gasteiger partial charge in [0.15, 0.2) is 0 Å². The molecule has 33 heavy (non-hydrogen) atoms. The summed E-state index contributed by atoms with van der Waals surface area (Å²) in [5.74, 6) is 0. The predicted molar refractivity (Wildman–Crippen MR) is 144 cm³/mol. The molecule has 0 radical (unpaired) electrons. The maximum atomic E-state index is 5.77. The molecule has 2 aliphatic heterocycles. The Balaban J connectivity index is 3.16. The van der Waals surface area contributed by atoms with Crippen LogP contribution in [-0.2, 0) is 17.1 Å². The number of aliphatic imine (C=N–C) groups is 2. The second-order valence-corrected chi connectivity index (χ2v) is 21.9. The third-order valence-corrected chi connectivity index (χ3v) is 18.3. The van der Waals surface area contributed by atoms with Crippen LogP contribution in [0.25, 0.3) is 0 Å². The van der Waals surface area contributed by atoms with Crippen LogP contribution in [-0.4, -0.2) is 54.1 Å². The average molecular weight is 493 g/mol. The van der Waals surface area contributed by atoms with Gasteiger partial charge in [0.1, 0.15) is 0 Å². The Bertz CT molecular complexity index is 805. The van der Waals surface area contributed by atoms with Crippen LogP contribution in [0.1, 0.15) is 83.1 Å². The van der Waals surface area contributed by atoms with E-state index in [2.05, 4.69) is 142 Å². The molecule has 5 heteroatoms. The number of rotatable bonds is 4. The van der Waals surface area contributed by atoms with Gasteiger partial charge in [-0.2, -0.15) is 0 Å². The van der Waals surface area contributed by atoms with Crippen LogP contribution < -0.4 is 0 Å². The molecule has 0 aromatic carbocycles. The van der Waals surface area contributed by atoms with Gasteiger partial charge in [0.25, 0.3) is 0 Å². The van der Waals surface area contributed by atoms with E-state index >= 15 is 0 Å². The van der Waals surface area contributed by atoms with Crippen molar-refractivity contribution in [1.82, 2.24) is 6.76 Å². The van der Waals surface area contributed by atoms with Gasteiger partial charge in [0, 0.05) is 0 Å². The predicted octanol–water partition coefficient (Wildman–Crippen LogP) is 6.69. The first-order valence-corrected chi connectivity index (χ1v) is 15.4. The van der Waals surface area contributed by atoms with Crippen LogP contribution in [0.2, 0.25) is 0 Å². The Kier molecular flexibility index (Phi) is 7.18. The molecule has 0 saturated heterocycles. The summed E-state index contributed by atoms with van der Waals surface area (Å²) in [6, 6.07) is 0. The molecule has 188 valence electrons. The Morgan fingerprint density at radius 3 is 1.00 bits per heavy atom. The zero-order valence-corrected chi connectivity index (χ0v) is 26.2. The summed E-state index contributed by atoms with van der Waals surface area (Å²) in [5.41, 5.74) is 2.21. The van der Waals surface area contributed by atoms with Gasteiger partial charge in [-0.05, 0) is 0 Å². The molecule has 0 fully saturated rings. The fourth-order valence-corrected chi connectivity index (χ4v) is 17.6. The van der Waals surface area contributed by atoms with E-state index < -0.39 is 17.1 Å². The van der Waals surface area contributed by atoms with E-state index in [9.17, 15) is 0 Å². The van der Waals surface area contributed by atoms with Crippen molar-refractivity contribution in [2.45, 2.75) is 90.8 Å². The van der Waals surface area contributed by atoms with Crippen molar-refractivity contribution in [2.24, 2.45) is 31.6 Å². The molecule has 0 aromatic rings. The third-order valence-electron chi connectivity index (χ3n) is 7.74. The van der Waals surface area contributed by atoms with E-state index in [4.69, 9.17) is 9.98 Å². The zero-order valence-electron chi connectivity index (χ0n) is 24.6. The number of hydrogen-bond acceptors (Lipinski definition) is 4. The monoisotopic (exact) mass is 492 g/mol. The number of nitrogens with zero attached hydrogens (tertiary/aromatic N) is 4. The normalized spacial score (nSPS) is 27.1. The molecule has 0 amide bonds. The summed E-state index contributed by atoms with van der Waals surface area (Å²) in [5, 5.41) is 0. The summed E-state index contributed by atoms with van der Waals surface area (Å²) >= 11 is -3.55. The molecular weight excluding hydrogens is 440 g/mol. The Morgan fingerprint density at radius 1 is 0.576 bits per heavy atom. The van der Waals surface area contributed by atoms with Gasteiger partial charge < -0.3 is 0 Å². The molecule has 0 spiro atoms.